The maximum Gasteiger partial charge on any atom is 0.254 e. The number of carbonyl (C=O) groups is 3. The zero-order valence-electron chi connectivity index (χ0n) is 18.4. The number of hydrogen-bond donors (Lipinski definition) is 0. The van der Waals surface area contributed by atoms with Crippen LogP contribution in [0.1, 0.15) is 61.7 Å². The highest BCUT2D eigenvalue weighted by Gasteiger charge is 2.38. The van der Waals surface area contributed by atoms with Gasteiger partial charge in [-0.15, -0.1) is 0 Å². The molecule has 1 aromatic rings. The molecule has 0 aromatic heterocycles. The Kier molecular flexibility index (Phi) is 7.62. The van der Waals surface area contributed by atoms with Crippen molar-refractivity contribution in [2.24, 2.45) is 5.92 Å². The lowest BCUT2D eigenvalue weighted by Gasteiger charge is -2.37. The molecule has 1 aliphatic carbocycles. The summed E-state index contributed by atoms with van der Waals surface area (Å²) in [6.07, 6.45) is 8.17. The van der Waals surface area contributed by atoms with Gasteiger partial charge in [0, 0.05) is 44.7 Å². The van der Waals surface area contributed by atoms with Gasteiger partial charge in [-0.1, -0.05) is 48.9 Å². The van der Waals surface area contributed by atoms with Crippen molar-refractivity contribution in [1.29, 1.82) is 0 Å². The van der Waals surface area contributed by atoms with Crippen LogP contribution in [-0.2, 0) is 9.59 Å². The highest BCUT2D eigenvalue weighted by molar-refractivity contribution is 6.42. The van der Waals surface area contributed by atoms with Crippen molar-refractivity contribution < 1.29 is 14.4 Å². The second kappa shape index (κ2) is 10.4. The van der Waals surface area contributed by atoms with Crippen LogP contribution in [0.15, 0.2) is 18.2 Å². The predicted octanol–water partition coefficient (Wildman–Crippen LogP) is 4.24. The molecule has 32 heavy (non-hydrogen) atoms. The first-order valence-corrected chi connectivity index (χ1v) is 12.5. The minimum atomic E-state index is -0.457. The van der Waals surface area contributed by atoms with Crippen LogP contribution in [0.2, 0.25) is 10.0 Å². The van der Waals surface area contributed by atoms with E-state index in [2.05, 4.69) is 0 Å². The van der Waals surface area contributed by atoms with Gasteiger partial charge >= 0.3 is 0 Å². The Balaban J connectivity index is 1.30. The van der Waals surface area contributed by atoms with Crippen LogP contribution in [0.4, 0.5) is 0 Å². The second-order valence-electron chi connectivity index (χ2n) is 9.18. The number of nitrogens with zero attached hydrogens (tertiary/aromatic N) is 3. The largest absolute Gasteiger partial charge is 0.339 e. The average Bonchev–Trinajstić information content (AvgIpc) is 3.50. The molecule has 2 aliphatic heterocycles. The Labute approximate surface area is 199 Å². The van der Waals surface area contributed by atoms with Crippen molar-refractivity contribution in [2.75, 3.05) is 32.7 Å². The van der Waals surface area contributed by atoms with E-state index in [4.69, 9.17) is 23.2 Å². The normalized spacial score (nSPS) is 21.9. The monoisotopic (exact) mass is 479 g/mol. The number of amides is 3. The summed E-state index contributed by atoms with van der Waals surface area (Å²) >= 11 is 12.0. The summed E-state index contributed by atoms with van der Waals surface area (Å²) in [7, 11) is 0. The Morgan fingerprint density at radius 3 is 2.22 bits per heavy atom. The summed E-state index contributed by atoms with van der Waals surface area (Å²) in [5.41, 5.74) is 0.441. The molecule has 3 aliphatic rings. The minimum Gasteiger partial charge on any atom is -0.339 e. The molecule has 174 valence electrons. The molecule has 2 saturated heterocycles. The lowest BCUT2D eigenvalue weighted by Crippen LogP contribution is -2.55. The van der Waals surface area contributed by atoms with Crippen molar-refractivity contribution in [3.8, 4) is 0 Å². The van der Waals surface area contributed by atoms with Gasteiger partial charge in [-0.05, 0) is 43.4 Å². The summed E-state index contributed by atoms with van der Waals surface area (Å²) in [5, 5.41) is 0.723. The van der Waals surface area contributed by atoms with Gasteiger partial charge in [0.1, 0.15) is 6.04 Å². The molecule has 0 radical (unpaired) electrons. The van der Waals surface area contributed by atoms with E-state index >= 15 is 0 Å². The van der Waals surface area contributed by atoms with Crippen molar-refractivity contribution in [1.82, 2.24) is 14.7 Å². The maximum absolute atomic E-state index is 13.2. The molecule has 8 heteroatoms. The van der Waals surface area contributed by atoms with E-state index in [1.807, 2.05) is 9.80 Å². The number of hydrogen-bond acceptors (Lipinski definition) is 3. The summed E-state index contributed by atoms with van der Waals surface area (Å²) in [6.45, 7) is 2.75. The van der Waals surface area contributed by atoms with E-state index in [0.717, 1.165) is 12.8 Å². The van der Waals surface area contributed by atoms with Crippen LogP contribution < -0.4 is 0 Å². The molecule has 0 spiro atoms. The lowest BCUT2D eigenvalue weighted by atomic mass is 10.0. The van der Waals surface area contributed by atoms with E-state index in [1.165, 1.54) is 25.7 Å². The van der Waals surface area contributed by atoms with E-state index in [0.29, 0.717) is 67.1 Å². The molecule has 1 aromatic carbocycles. The summed E-state index contributed by atoms with van der Waals surface area (Å²) in [4.78, 5) is 44.2. The molecule has 1 saturated carbocycles. The highest BCUT2D eigenvalue weighted by Crippen LogP contribution is 2.29. The third-order valence-electron chi connectivity index (χ3n) is 7.15. The van der Waals surface area contributed by atoms with Gasteiger partial charge in [-0.2, -0.15) is 0 Å². The first-order chi connectivity index (χ1) is 15.4. The predicted molar refractivity (Wildman–Crippen MR) is 125 cm³/mol. The highest BCUT2D eigenvalue weighted by atomic mass is 35.5. The smallest absolute Gasteiger partial charge is 0.254 e. The number of rotatable bonds is 5. The Morgan fingerprint density at radius 2 is 1.53 bits per heavy atom. The van der Waals surface area contributed by atoms with Crippen molar-refractivity contribution >= 4 is 40.9 Å². The van der Waals surface area contributed by atoms with Gasteiger partial charge in [-0.3, -0.25) is 14.4 Å². The molecule has 2 heterocycles. The van der Waals surface area contributed by atoms with Crippen LogP contribution in [0.25, 0.3) is 0 Å². The average molecular weight is 480 g/mol. The van der Waals surface area contributed by atoms with Gasteiger partial charge in [0.05, 0.1) is 10.0 Å². The molecule has 3 fully saturated rings. The Morgan fingerprint density at radius 1 is 0.844 bits per heavy atom. The van der Waals surface area contributed by atoms with Crippen LogP contribution in [0, 0.1) is 5.92 Å². The molecule has 6 nitrogen and oxygen atoms in total. The van der Waals surface area contributed by atoms with Crippen LogP contribution in [-0.4, -0.2) is 71.2 Å². The number of carbonyl (C=O) groups excluding carboxylic acids is 3. The van der Waals surface area contributed by atoms with Crippen molar-refractivity contribution in [2.45, 2.75) is 57.4 Å². The van der Waals surface area contributed by atoms with Crippen LogP contribution >= 0.6 is 23.2 Å². The Bertz CT molecular complexity index is 864. The topological polar surface area (TPSA) is 60.9 Å². The third kappa shape index (κ3) is 5.23. The van der Waals surface area contributed by atoms with Gasteiger partial charge in [0.25, 0.3) is 5.91 Å². The summed E-state index contributed by atoms with van der Waals surface area (Å²) < 4.78 is 0. The summed E-state index contributed by atoms with van der Waals surface area (Å²) in [6, 6.07) is 4.35. The van der Waals surface area contributed by atoms with E-state index in [-0.39, 0.29) is 17.7 Å². The lowest BCUT2D eigenvalue weighted by molar-refractivity contribution is -0.142. The standard InChI is InChI=1S/C24H31Cl2N3O3/c25-19-9-8-18(16-20(19)26)23(31)29-11-3-6-21(29)24(32)28-14-12-27(13-15-28)22(30)10-7-17-4-1-2-5-17/h8-9,16-17,21H,1-7,10-15H2. The van der Waals surface area contributed by atoms with E-state index < -0.39 is 6.04 Å². The fourth-order valence-corrected chi connectivity index (χ4v) is 5.53. The van der Waals surface area contributed by atoms with Gasteiger partial charge in [0.2, 0.25) is 11.8 Å². The number of piperazine rings is 1. The fraction of sp³-hybridized carbons (Fsp3) is 0.625. The second-order valence-corrected chi connectivity index (χ2v) is 10.00. The molecular formula is C24H31Cl2N3O3. The van der Waals surface area contributed by atoms with Crippen molar-refractivity contribution in [3.63, 3.8) is 0 Å². The zero-order chi connectivity index (χ0) is 22.7. The van der Waals surface area contributed by atoms with Crippen molar-refractivity contribution in [3.05, 3.63) is 33.8 Å². The van der Waals surface area contributed by atoms with Crippen LogP contribution in [0.5, 0.6) is 0 Å². The molecule has 3 amide bonds. The van der Waals surface area contributed by atoms with Crippen LogP contribution in [0.3, 0.4) is 0 Å². The molecule has 1 unspecified atom stereocenters. The van der Waals surface area contributed by atoms with Gasteiger partial charge in [0.15, 0.2) is 0 Å². The zero-order valence-corrected chi connectivity index (χ0v) is 19.9. The third-order valence-corrected chi connectivity index (χ3v) is 7.89. The summed E-state index contributed by atoms with van der Waals surface area (Å²) in [5.74, 6) is 0.707. The molecular weight excluding hydrogens is 449 g/mol. The van der Waals surface area contributed by atoms with E-state index in [9.17, 15) is 14.4 Å². The maximum atomic E-state index is 13.2. The van der Waals surface area contributed by atoms with Gasteiger partial charge < -0.3 is 14.7 Å². The van der Waals surface area contributed by atoms with E-state index in [1.54, 1.807) is 23.1 Å². The molecule has 0 N–H and O–H groups in total. The minimum absolute atomic E-state index is 0.0195. The molecule has 4 rings (SSSR count). The van der Waals surface area contributed by atoms with Gasteiger partial charge in [-0.25, -0.2) is 0 Å². The first-order valence-electron chi connectivity index (χ1n) is 11.8. The first kappa shape index (κ1) is 23.4. The Hall–Kier alpha value is -1.79. The molecule has 1 atom stereocenters. The molecule has 0 bridgehead atoms. The number of likely N-dealkylation sites (tertiary alicyclic amines) is 1. The SMILES string of the molecule is O=C(CCC1CCCC1)N1CCN(C(=O)C2CCCN2C(=O)c2ccc(Cl)c(Cl)c2)CC1. The quantitative estimate of drug-likeness (QED) is 0.634. The number of halogens is 2. The number of benzene rings is 1. The fourth-order valence-electron chi connectivity index (χ4n) is 5.23.